The van der Waals surface area contributed by atoms with Crippen molar-refractivity contribution in [3.8, 4) is 11.3 Å². The third-order valence-electron chi connectivity index (χ3n) is 4.19. The number of nitrogens with zero attached hydrogens (tertiary/aromatic N) is 2. The van der Waals surface area contributed by atoms with Gasteiger partial charge >= 0.3 is 0 Å². The highest BCUT2D eigenvalue weighted by Crippen LogP contribution is 2.31. The molecule has 1 saturated heterocycles. The quantitative estimate of drug-likeness (QED) is 0.326. The minimum absolute atomic E-state index is 0.0904. The highest BCUT2D eigenvalue weighted by Gasteiger charge is 2.34. The summed E-state index contributed by atoms with van der Waals surface area (Å²) in [6.07, 6.45) is 1.32. The van der Waals surface area contributed by atoms with Crippen LogP contribution in [0.15, 0.2) is 76.7 Å². The number of para-hydroxylation sites is 2. The molecule has 8 nitrogen and oxygen atoms in total. The van der Waals surface area contributed by atoms with Gasteiger partial charge in [-0.25, -0.2) is 5.01 Å². The molecule has 1 N–H and O–H groups in total. The Bertz CT molecular complexity index is 1120. The van der Waals surface area contributed by atoms with Crippen molar-refractivity contribution in [3.05, 3.63) is 88.2 Å². The summed E-state index contributed by atoms with van der Waals surface area (Å²) in [6, 6.07) is 18.0. The Balaban J connectivity index is 1.65. The zero-order valence-electron chi connectivity index (χ0n) is 14.4. The van der Waals surface area contributed by atoms with Crippen molar-refractivity contribution in [1.29, 1.82) is 0 Å². The lowest BCUT2D eigenvalue weighted by Crippen LogP contribution is -2.35. The van der Waals surface area contributed by atoms with Gasteiger partial charge in [0.2, 0.25) is 0 Å². The fourth-order valence-corrected chi connectivity index (χ4v) is 2.87. The van der Waals surface area contributed by atoms with Crippen molar-refractivity contribution in [3.63, 3.8) is 0 Å². The summed E-state index contributed by atoms with van der Waals surface area (Å²) in [7, 11) is 0. The van der Waals surface area contributed by atoms with Gasteiger partial charge in [0, 0.05) is 6.07 Å². The number of amides is 2. The topological polar surface area (TPSA) is 106 Å². The van der Waals surface area contributed by atoms with Gasteiger partial charge in [-0.15, -0.1) is 0 Å². The number of furan rings is 1. The van der Waals surface area contributed by atoms with E-state index in [1.807, 2.05) is 0 Å². The molecule has 1 aromatic heterocycles. The fraction of sp³-hybridized carbons (Fsp3) is 0. The Kier molecular flexibility index (Phi) is 4.21. The number of hydrogen-bond donors (Lipinski definition) is 1. The molecule has 0 atom stereocenters. The molecule has 1 aliphatic rings. The number of rotatable bonds is 4. The van der Waals surface area contributed by atoms with Crippen LogP contribution < -0.4 is 10.4 Å². The molecule has 2 heterocycles. The van der Waals surface area contributed by atoms with Gasteiger partial charge in [0.25, 0.3) is 17.5 Å². The maximum absolute atomic E-state index is 12.6. The van der Waals surface area contributed by atoms with Gasteiger partial charge in [-0.2, -0.15) is 0 Å². The minimum Gasteiger partial charge on any atom is -0.456 e. The molecule has 138 valence electrons. The molecule has 0 bridgehead atoms. The first-order valence-electron chi connectivity index (χ1n) is 8.30. The lowest BCUT2D eigenvalue weighted by Gasteiger charge is -2.13. The van der Waals surface area contributed by atoms with Crippen molar-refractivity contribution in [2.75, 3.05) is 5.01 Å². The van der Waals surface area contributed by atoms with E-state index in [4.69, 9.17) is 4.42 Å². The molecule has 0 spiro atoms. The number of hydrazine groups is 1. The highest BCUT2D eigenvalue weighted by atomic mass is 16.6. The second-order valence-corrected chi connectivity index (χ2v) is 5.95. The van der Waals surface area contributed by atoms with Crippen molar-refractivity contribution in [1.82, 2.24) is 5.43 Å². The first-order chi connectivity index (χ1) is 13.5. The second-order valence-electron chi connectivity index (χ2n) is 5.95. The molecule has 1 aliphatic heterocycles. The lowest BCUT2D eigenvalue weighted by molar-refractivity contribution is -0.384. The number of benzene rings is 2. The maximum Gasteiger partial charge on any atom is 0.282 e. The molecule has 1 fully saturated rings. The van der Waals surface area contributed by atoms with Crippen LogP contribution in [0.3, 0.4) is 0 Å². The zero-order chi connectivity index (χ0) is 19.7. The summed E-state index contributed by atoms with van der Waals surface area (Å²) in [5.74, 6) is -0.566. The normalized spacial score (nSPS) is 15.1. The Morgan fingerprint density at radius 3 is 2.43 bits per heavy atom. The van der Waals surface area contributed by atoms with E-state index in [9.17, 15) is 19.7 Å². The first-order valence-corrected chi connectivity index (χ1v) is 8.30. The molecule has 3 aromatic rings. The van der Waals surface area contributed by atoms with Gasteiger partial charge in [0.1, 0.15) is 17.1 Å². The van der Waals surface area contributed by atoms with E-state index >= 15 is 0 Å². The monoisotopic (exact) mass is 375 g/mol. The van der Waals surface area contributed by atoms with E-state index in [0.717, 1.165) is 5.01 Å². The van der Waals surface area contributed by atoms with E-state index in [1.165, 1.54) is 12.1 Å². The molecular formula is C20H13N3O5. The molecule has 0 unspecified atom stereocenters. The second kappa shape index (κ2) is 6.84. The number of nitro benzene ring substituents is 1. The predicted molar refractivity (Wildman–Crippen MR) is 101 cm³/mol. The third kappa shape index (κ3) is 3.03. The molecule has 2 aromatic carbocycles. The van der Waals surface area contributed by atoms with E-state index in [-0.39, 0.29) is 22.8 Å². The fourth-order valence-electron chi connectivity index (χ4n) is 2.87. The molecule has 0 saturated carbocycles. The molecule has 0 radical (unpaired) electrons. The molecule has 2 amide bonds. The van der Waals surface area contributed by atoms with Crippen LogP contribution in [0.4, 0.5) is 11.4 Å². The maximum atomic E-state index is 12.6. The smallest absolute Gasteiger partial charge is 0.282 e. The van der Waals surface area contributed by atoms with Crippen molar-refractivity contribution >= 4 is 29.3 Å². The van der Waals surface area contributed by atoms with Crippen LogP contribution in [0, 0.1) is 10.1 Å². The molecule has 4 rings (SSSR count). The van der Waals surface area contributed by atoms with Crippen LogP contribution in [-0.2, 0) is 9.59 Å². The van der Waals surface area contributed by atoms with E-state index in [0.29, 0.717) is 11.3 Å². The number of nitro groups is 1. The predicted octanol–water partition coefficient (Wildman–Crippen LogP) is 3.32. The first kappa shape index (κ1) is 17.2. The van der Waals surface area contributed by atoms with Gasteiger partial charge < -0.3 is 4.42 Å². The Morgan fingerprint density at radius 1 is 0.964 bits per heavy atom. The van der Waals surface area contributed by atoms with Crippen LogP contribution in [0.25, 0.3) is 17.4 Å². The van der Waals surface area contributed by atoms with Crippen LogP contribution in [-0.4, -0.2) is 16.7 Å². The summed E-state index contributed by atoms with van der Waals surface area (Å²) in [5, 5.41) is 12.3. The number of nitrogens with one attached hydrogen (secondary N) is 1. The average Bonchev–Trinajstić information content (AvgIpc) is 3.29. The van der Waals surface area contributed by atoms with Crippen molar-refractivity contribution in [2.45, 2.75) is 0 Å². The van der Waals surface area contributed by atoms with Gasteiger partial charge in [-0.1, -0.05) is 30.3 Å². The van der Waals surface area contributed by atoms with E-state index in [2.05, 4.69) is 5.43 Å². The third-order valence-corrected chi connectivity index (χ3v) is 4.19. The van der Waals surface area contributed by atoms with Crippen LogP contribution >= 0.6 is 0 Å². The Hall–Kier alpha value is -4.20. The number of anilines is 1. The SMILES string of the molecule is O=C1NN(c2ccccc2)C(=O)/C1=C\c1ccc(-c2ccccc2[N+](=O)[O-])o1. The minimum atomic E-state index is -0.558. The summed E-state index contributed by atoms with van der Waals surface area (Å²) >= 11 is 0. The van der Waals surface area contributed by atoms with Crippen LogP contribution in [0.1, 0.15) is 5.76 Å². The molecular weight excluding hydrogens is 362 g/mol. The summed E-state index contributed by atoms with van der Waals surface area (Å²) in [5.41, 5.74) is 3.15. The van der Waals surface area contributed by atoms with Crippen LogP contribution in [0.5, 0.6) is 0 Å². The lowest BCUT2D eigenvalue weighted by atomic mass is 10.1. The van der Waals surface area contributed by atoms with E-state index in [1.54, 1.807) is 60.7 Å². The van der Waals surface area contributed by atoms with Gasteiger partial charge in [0.15, 0.2) is 0 Å². The van der Waals surface area contributed by atoms with Gasteiger partial charge in [0.05, 0.1) is 16.2 Å². The number of carbonyl (C=O) groups excluding carboxylic acids is 2. The molecule has 28 heavy (non-hydrogen) atoms. The van der Waals surface area contributed by atoms with Crippen molar-refractivity contribution < 1.29 is 18.9 Å². The standard InChI is InChI=1S/C20H13N3O5/c24-19-16(20(25)22(21-19)13-6-2-1-3-7-13)12-14-10-11-18(28-14)15-8-4-5-9-17(15)23(26)27/h1-12H,(H,21,24)/b16-12-. The van der Waals surface area contributed by atoms with Crippen molar-refractivity contribution in [2.24, 2.45) is 0 Å². The Labute approximate surface area is 158 Å². The number of carbonyl (C=O) groups is 2. The molecule has 0 aliphatic carbocycles. The van der Waals surface area contributed by atoms with Gasteiger partial charge in [-0.05, 0) is 36.4 Å². The average molecular weight is 375 g/mol. The number of hydrogen-bond acceptors (Lipinski definition) is 5. The highest BCUT2D eigenvalue weighted by molar-refractivity contribution is 6.31. The van der Waals surface area contributed by atoms with E-state index < -0.39 is 16.7 Å². The zero-order valence-corrected chi connectivity index (χ0v) is 14.4. The summed E-state index contributed by atoms with van der Waals surface area (Å²) in [6.45, 7) is 0. The summed E-state index contributed by atoms with van der Waals surface area (Å²) in [4.78, 5) is 35.5. The van der Waals surface area contributed by atoms with Crippen LogP contribution in [0.2, 0.25) is 0 Å². The van der Waals surface area contributed by atoms with Gasteiger partial charge in [-0.3, -0.25) is 25.1 Å². The molecule has 8 heteroatoms. The Morgan fingerprint density at radius 2 is 1.68 bits per heavy atom. The summed E-state index contributed by atoms with van der Waals surface area (Å²) < 4.78 is 5.63. The largest absolute Gasteiger partial charge is 0.456 e.